The third kappa shape index (κ3) is 4.84. The second kappa shape index (κ2) is 6.63. The molecule has 0 spiro atoms. The Hall–Kier alpha value is 0.210. The first-order chi connectivity index (χ1) is 6.33. The minimum Gasteiger partial charge on any atom is -0.378 e. The standard InChI is InChI=1S/C10H20ClNO/c1-9(4-6-11)12-7-5-10-3-2-8-13-10/h9-10,12H,2-8H2,1H3. The van der Waals surface area contributed by atoms with E-state index in [-0.39, 0.29) is 0 Å². The topological polar surface area (TPSA) is 21.3 Å². The Balaban J connectivity index is 1.93. The molecule has 3 heteroatoms. The highest BCUT2D eigenvalue weighted by Crippen LogP contribution is 2.14. The van der Waals surface area contributed by atoms with Gasteiger partial charge >= 0.3 is 0 Å². The fourth-order valence-corrected chi connectivity index (χ4v) is 1.96. The zero-order chi connectivity index (χ0) is 9.52. The van der Waals surface area contributed by atoms with Crippen LogP contribution in [0.3, 0.4) is 0 Å². The molecule has 0 radical (unpaired) electrons. The molecule has 0 bridgehead atoms. The average Bonchev–Trinajstić information content (AvgIpc) is 2.57. The van der Waals surface area contributed by atoms with Crippen molar-refractivity contribution in [2.45, 2.75) is 44.8 Å². The van der Waals surface area contributed by atoms with Crippen molar-refractivity contribution in [1.82, 2.24) is 5.32 Å². The summed E-state index contributed by atoms with van der Waals surface area (Å²) < 4.78 is 5.53. The van der Waals surface area contributed by atoms with Gasteiger partial charge in [-0.15, -0.1) is 11.6 Å². The van der Waals surface area contributed by atoms with Gasteiger partial charge in [-0.05, 0) is 39.2 Å². The molecule has 2 atom stereocenters. The van der Waals surface area contributed by atoms with E-state index in [1.54, 1.807) is 0 Å². The largest absolute Gasteiger partial charge is 0.378 e. The molecule has 1 rings (SSSR count). The summed E-state index contributed by atoms with van der Waals surface area (Å²) >= 11 is 5.64. The Bertz CT molecular complexity index is 126. The molecule has 1 heterocycles. The van der Waals surface area contributed by atoms with Crippen LogP contribution in [0.15, 0.2) is 0 Å². The fraction of sp³-hybridized carbons (Fsp3) is 1.00. The number of halogens is 1. The molecule has 0 saturated carbocycles. The lowest BCUT2D eigenvalue weighted by atomic mass is 10.1. The number of alkyl halides is 1. The van der Waals surface area contributed by atoms with Crippen molar-refractivity contribution in [2.24, 2.45) is 0 Å². The van der Waals surface area contributed by atoms with E-state index < -0.39 is 0 Å². The van der Waals surface area contributed by atoms with Gasteiger partial charge < -0.3 is 10.1 Å². The Morgan fingerprint density at radius 1 is 1.62 bits per heavy atom. The minimum atomic E-state index is 0.510. The first kappa shape index (κ1) is 11.3. The maximum atomic E-state index is 5.64. The molecular formula is C10H20ClNO. The molecular weight excluding hydrogens is 186 g/mol. The molecule has 1 saturated heterocycles. The molecule has 1 aliphatic rings. The first-order valence-electron chi connectivity index (χ1n) is 5.24. The van der Waals surface area contributed by atoms with Crippen LogP contribution in [-0.2, 0) is 4.74 Å². The highest BCUT2D eigenvalue weighted by atomic mass is 35.5. The maximum Gasteiger partial charge on any atom is 0.0588 e. The predicted molar refractivity (Wildman–Crippen MR) is 56.4 cm³/mol. The number of rotatable bonds is 6. The molecule has 0 aromatic rings. The molecule has 2 unspecified atom stereocenters. The van der Waals surface area contributed by atoms with Crippen LogP contribution in [0.1, 0.15) is 32.6 Å². The van der Waals surface area contributed by atoms with Crippen molar-refractivity contribution in [1.29, 1.82) is 0 Å². The number of hydrogen-bond acceptors (Lipinski definition) is 2. The minimum absolute atomic E-state index is 0.510. The highest BCUT2D eigenvalue weighted by Gasteiger charge is 2.14. The average molecular weight is 206 g/mol. The van der Waals surface area contributed by atoms with Crippen molar-refractivity contribution in [3.05, 3.63) is 0 Å². The van der Waals surface area contributed by atoms with Gasteiger partial charge in [0.2, 0.25) is 0 Å². The van der Waals surface area contributed by atoms with Crippen molar-refractivity contribution >= 4 is 11.6 Å². The fourth-order valence-electron chi connectivity index (χ4n) is 1.63. The molecule has 1 fully saturated rings. The number of ether oxygens (including phenoxy) is 1. The zero-order valence-electron chi connectivity index (χ0n) is 8.39. The molecule has 1 aliphatic heterocycles. The molecule has 0 amide bonds. The Morgan fingerprint density at radius 2 is 2.46 bits per heavy atom. The molecule has 13 heavy (non-hydrogen) atoms. The van der Waals surface area contributed by atoms with E-state index in [0.29, 0.717) is 12.1 Å². The van der Waals surface area contributed by atoms with E-state index in [4.69, 9.17) is 16.3 Å². The second-order valence-corrected chi connectivity index (χ2v) is 4.13. The third-order valence-electron chi connectivity index (χ3n) is 2.53. The van der Waals surface area contributed by atoms with E-state index >= 15 is 0 Å². The lowest BCUT2D eigenvalue weighted by molar-refractivity contribution is 0.103. The van der Waals surface area contributed by atoms with Gasteiger partial charge in [0.25, 0.3) is 0 Å². The zero-order valence-corrected chi connectivity index (χ0v) is 9.15. The monoisotopic (exact) mass is 205 g/mol. The summed E-state index contributed by atoms with van der Waals surface area (Å²) in [6.07, 6.45) is 5.18. The van der Waals surface area contributed by atoms with Gasteiger partial charge in [0.1, 0.15) is 0 Å². The van der Waals surface area contributed by atoms with Crippen molar-refractivity contribution in [3.63, 3.8) is 0 Å². The molecule has 78 valence electrons. The molecule has 0 aliphatic carbocycles. The molecule has 1 N–H and O–H groups in total. The van der Waals surface area contributed by atoms with Crippen LogP contribution < -0.4 is 5.32 Å². The first-order valence-corrected chi connectivity index (χ1v) is 5.77. The van der Waals surface area contributed by atoms with E-state index in [9.17, 15) is 0 Å². The van der Waals surface area contributed by atoms with Crippen LogP contribution in [-0.4, -0.2) is 31.2 Å². The summed E-state index contributed by atoms with van der Waals surface area (Å²) in [4.78, 5) is 0. The predicted octanol–water partition coefficient (Wildman–Crippen LogP) is 2.16. The van der Waals surface area contributed by atoms with Crippen LogP contribution in [0.2, 0.25) is 0 Å². The summed E-state index contributed by atoms with van der Waals surface area (Å²) in [6, 6.07) is 0.541. The van der Waals surface area contributed by atoms with Crippen LogP contribution in [0, 0.1) is 0 Å². The van der Waals surface area contributed by atoms with Gasteiger partial charge in [-0.25, -0.2) is 0 Å². The number of nitrogens with one attached hydrogen (secondary N) is 1. The van der Waals surface area contributed by atoms with Gasteiger partial charge in [0.15, 0.2) is 0 Å². The maximum absolute atomic E-state index is 5.64. The number of hydrogen-bond donors (Lipinski definition) is 1. The van der Waals surface area contributed by atoms with E-state index in [1.807, 2.05) is 0 Å². The van der Waals surface area contributed by atoms with E-state index in [0.717, 1.165) is 31.9 Å². The summed E-state index contributed by atoms with van der Waals surface area (Å²) in [7, 11) is 0. The second-order valence-electron chi connectivity index (χ2n) is 3.76. The Labute approximate surface area is 86.0 Å². The van der Waals surface area contributed by atoms with Crippen LogP contribution >= 0.6 is 11.6 Å². The van der Waals surface area contributed by atoms with E-state index in [2.05, 4.69) is 12.2 Å². The quantitative estimate of drug-likeness (QED) is 0.672. The molecule has 0 aromatic carbocycles. The van der Waals surface area contributed by atoms with E-state index in [1.165, 1.54) is 12.8 Å². The Kier molecular flexibility index (Phi) is 5.76. The lowest BCUT2D eigenvalue weighted by Gasteiger charge is -2.14. The molecule has 2 nitrogen and oxygen atoms in total. The normalized spacial score (nSPS) is 24.9. The summed E-state index contributed by atoms with van der Waals surface area (Å²) in [6.45, 7) is 4.20. The van der Waals surface area contributed by atoms with Crippen LogP contribution in [0.25, 0.3) is 0 Å². The van der Waals surface area contributed by atoms with Crippen molar-refractivity contribution in [3.8, 4) is 0 Å². The van der Waals surface area contributed by atoms with Gasteiger partial charge in [0, 0.05) is 18.5 Å². The third-order valence-corrected chi connectivity index (χ3v) is 2.74. The van der Waals surface area contributed by atoms with Gasteiger partial charge in [-0.3, -0.25) is 0 Å². The smallest absolute Gasteiger partial charge is 0.0588 e. The van der Waals surface area contributed by atoms with Crippen molar-refractivity contribution in [2.75, 3.05) is 19.0 Å². The summed E-state index contributed by atoms with van der Waals surface area (Å²) in [5.74, 6) is 0.744. The van der Waals surface area contributed by atoms with Gasteiger partial charge in [0.05, 0.1) is 6.10 Å². The van der Waals surface area contributed by atoms with Gasteiger partial charge in [-0.1, -0.05) is 0 Å². The Morgan fingerprint density at radius 3 is 3.08 bits per heavy atom. The summed E-state index contributed by atoms with van der Waals surface area (Å²) in [5, 5.41) is 3.45. The summed E-state index contributed by atoms with van der Waals surface area (Å²) in [5.41, 5.74) is 0. The SMILES string of the molecule is CC(CCCl)NCCC1CCCO1. The highest BCUT2D eigenvalue weighted by molar-refractivity contribution is 6.17. The van der Waals surface area contributed by atoms with Crippen molar-refractivity contribution < 1.29 is 4.74 Å². The lowest BCUT2D eigenvalue weighted by Crippen LogP contribution is -2.29. The van der Waals surface area contributed by atoms with Gasteiger partial charge in [-0.2, -0.15) is 0 Å². The van der Waals surface area contributed by atoms with Crippen LogP contribution in [0.5, 0.6) is 0 Å². The van der Waals surface area contributed by atoms with Crippen LogP contribution in [0.4, 0.5) is 0 Å². The molecule has 0 aromatic heterocycles.